The first-order valence-corrected chi connectivity index (χ1v) is 31.1. The van der Waals surface area contributed by atoms with Gasteiger partial charge in [0.2, 0.25) is 23.8 Å². The zero-order chi connectivity index (χ0) is 63.2. The Kier molecular flexibility index (Phi) is 22.2. The average Bonchev–Trinajstić information content (AvgIpc) is 1.66. The van der Waals surface area contributed by atoms with E-state index < -0.39 is 28.7 Å². The van der Waals surface area contributed by atoms with Crippen molar-refractivity contribution in [2.75, 3.05) is 60.1 Å². The van der Waals surface area contributed by atoms with Crippen LogP contribution in [0, 0.1) is 11.9 Å². The van der Waals surface area contributed by atoms with Crippen LogP contribution in [0.2, 0.25) is 5.15 Å². The van der Waals surface area contributed by atoms with Gasteiger partial charge in [0.05, 0.1) is 35.9 Å². The van der Waals surface area contributed by atoms with Crippen LogP contribution >= 0.6 is 11.6 Å². The number of nitrogens with one attached hydrogen (secondary N) is 1. The smallest absolute Gasteiger partial charge is 0.850 e. The van der Waals surface area contributed by atoms with Gasteiger partial charge in [0.1, 0.15) is 44.5 Å². The largest absolute Gasteiger partial charge is 1.00 e. The molecule has 25 heteroatoms. The van der Waals surface area contributed by atoms with Crippen LogP contribution in [0.5, 0.6) is 0 Å². The fourth-order valence-corrected chi connectivity index (χ4v) is 12.0. The molecule has 4 aliphatic rings. The number of halogens is 3. The first-order chi connectivity index (χ1) is 41.8. The molecule has 8 aromatic heterocycles. The molecule has 21 nitrogen and oxygen atoms in total. The minimum Gasteiger partial charge on any atom is -0.850 e. The van der Waals surface area contributed by atoms with Gasteiger partial charge in [-0.3, -0.25) is 0 Å². The zero-order valence-electron chi connectivity index (χ0n) is 53.6. The van der Waals surface area contributed by atoms with E-state index in [9.17, 15) is 23.5 Å². The maximum Gasteiger partial charge on any atom is 1.00 e. The van der Waals surface area contributed by atoms with Crippen molar-refractivity contribution in [3.05, 3.63) is 90.6 Å². The first kappa shape index (κ1) is 68.1. The molecule has 2 amide bonds. The molecule has 10 heterocycles. The molecule has 2 saturated carbocycles. The van der Waals surface area contributed by atoms with E-state index in [0.29, 0.717) is 65.4 Å². The Bertz CT molecular complexity index is 3690. The summed E-state index contributed by atoms with van der Waals surface area (Å²) in [5.74, 6) is 0.310. The third-order valence-corrected chi connectivity index (χ3v) is 16.0. The Labute approximate surface area is 546 Å². The fraction of sp³-hybridized carbons (Fsp3) is 0.531. The molecule has 89 heavy (non-hydrogen) atoms. The van der Waals surface area contributed by atoms with Gasteiger partial charge in [0, 0.05) is 97.7 Å². The quantitative estimate of drug-likeness (QED) is 0.106. The van der Waals surface area contributed by atoms with Crippen molar-refractivity contribution < 1.29 is 62.5 Å². The molecule has 2 aliphatic carbocycles. The molecule has 472 valence electrons. The number of carbonyl (C=O) groups is 2. The molecule has 0 spiro atoms. The standard InChI is InChI=1S/C30H37FN8O2.C16H24ClN3O2.C14H14FN5.C4H9O.Na/c1-5-19-18-37(14-15-38(19)29(40)41-30(2,3)4)21-10-11-24(33-16-21)35-28-34-17-23-22-12-13-32-26(31)25(22)39(27(23)36-28)20-8-6-7-9-20;1-5-12-11-19(13-6-7-14(17)18-10-13)8-9-20(12)15(21)22-16(2,3)4;15-12-11-9(5-6-17-12)10-7-18-14(16)19-13(10)20(11)8-3-1-2-4-8;1-4(2,3)5;/h10-13,16-17,19-20H,5-9,14-15,18H2,1-4H3,(H,33,34,35,36);6-7,10,12H,5,8-9,11H2,1-4H3;5-8H,1-4H2,(H2,16,18,19);1-3H3;/q;;;-1;+1/t19-;12-;;;/m00.../s1. The van der Waals surface area contributed by atoms with Gasteiger partial charge in [-0.05, 0) is 116 Å². The predicted octanol–water partition coefficient (Wildman–Crippen LogP) is 9.74. The minimum atomic E-state index is -0.750. The van der Waals surface area contributed by atoms with Gasteiger partial charge < -0.3 is 54.4 Å². The number of amides is 2. The SMILES string of the molecule is CC(C)(C)[O-].CC[C@H]1CN(c2ccc(Cl)nc2)CCN1C(=O)OC(C)(C)C.CC[C@H]1CN(c2ccc(Nc3ncc4c5ccnc(F)c5n(C5CCCC5)c4n3)nc2)CCN1C(=O)OC(C)(C)C.Nc1ncc2c3ccnc(F)c3n(C3CCCC3)c2n1.[Na+]. The summed E-state index contributed by atoms with van der Waals surface area (Å²) in [4.78, 5) is 67.4. The third kappa shape index (κ3) is 17.0. The number of hydrogen-bond acceptors (Lipinski definition) is 17. The van der Waals surface area contributed by atoms with E-state index in [1.807, 2.05) is 97.0 Å². The average molecular weight is 1250 g/mol. The Morgan fingerprint density at radius 2 is 1.04 bits per heavy atom. The molecular formula is C64H84ClF2N16NaO5. The number of carbonyl (C=O) groups excluding carboxylic acids is 2. The molecular weight excluding hydrogens is 1170 g/mol. The van der Waals surface area contributed by atoms with Gasteiger partial charge in [0.25, 0.3) is 0 Å². The number of ether oxygens (including phenoxy) is 2. The van der Waals surface area contributed by atoms with E-state index in [0.717, 1.165) is 110 Å². The van der Waals surface area contributed by atoms with Crippen LogP contribution in [0.3, 0.4) is 0 Å². The summed E-state index contributed by atoms with van der Waals surface area (Å²) in [5, 5.41) is 17.1. The maximum atomic E-state index is 14.9. The molecule has 0 bridgehead atoms. The summed E-state index contributed by atoms with van der Waals surface area (Å²) in [6.07, 6.45) is 19.9. The van der Waals surface area contributed by atoms with Crippen molar-refractivity contribution in [3.63, 3.8) is 0 Å². The number of anilines is 5. The van der Waals surface area contributed by atoms with Crippen molar-refractivity contribution in [2.45, 2.75) is 181 Å². The number of nitrogens with zero attached hydrogens (tertiary/aromatic N) is 14. The number of nitrogen functional groups attached to an aromatic ring is 1. The summed E-state index contributed by atoms with van der Waals surface area (Å²) in [6.45, 7) is 24.6. The molecule has 0 radical (unpaired) electrons. The number of rotatable bonds is 8. The molecule has 3 N–H and O–H groups in total. The Balaban J connectivity index is 0.000000179. The monoisotopic (exact) mass is 1250 g/mol. The first-order valence-electron chi connectivity index (χ1n) is 30.7. The molecule has 12 rings (SSSR count). The van der Waals surface area contributed by atoms with Crippen LogP contribution in [-0.2, 0) is 9.47 Å². The van der Waals surface area contributed by atoms with Gasteiger partial charge >= 0.3 is 41.7 Å². The van der Waals surface area contributed by atoms with Crippen LogP contribution in [0.1, 0.15) is 152 Å². The summed E-state index contributed by atoms with van der Waals surface area (Å²) >= 11 is 5.83. The number of nitrogens with two attached hydrogens (primary N) is 1. The number of pyridine rings is 4. The van der Waals surface area contributed by atoms with E-state index >= 15 is 0 Å². The molecule has 0 aromatic carbocycles. The molecule has 4 fully saturated rings. The van der Waals surface area contributed by atoms with Crippen LogP contribution in [0.25, 0.3) is 43.9 Å². The number of fused-ring (bicyclic) bond motifs is 6. The second kappa shape index (κ2) is 29.0. The summed E-state index contributed by atoms with van der Waals surface area (Å²) in [6, 6.07) is 12.0. The second-order valence-electron chi connectivity index (χ2n) is 25.9. The van der Waals surface area contributed by atoms with E-state index in [1.54, 1.807) is 45.4 Å². The van der Waals surface area contributed by atoms with Crippen LogP contribution < -0.4 is 55.5 Å². The van der Waals surface area contributed by atoms with Crippen LogP contribution in [-0.4, -0.2) is 139 Å². The third-order valence-electron chi connectivity index (χ3n) is 15.8. The number of aromatic nitrogens is 10. The summed E-state index contributed by atoms with van der Waals surface area (Å²) < 4.78 is 44.3. The van der Waals surface area contributed by atoms with Crippen molar-refractivity contribution in [3.8, 4) is 0 Å². The molecule has 0 unspecified atom stereocenters. The van der Waals surface area contributed by atoms with Gasteiger partial charge in [-0.2, -0.15) is 18.7 Å². The summed E-state index contributed by atoms with van der Waals surface area (Å²) in [5.41, 5.74) is 8.44. The summed E-state index contributed by atoms with van der Waals surface area (Å²) in [7, 11) is 0. The fourth-order valence-electron chi connectivity index (χ4n) is 11.9. The Morgan fingerprint density at radius 1 is 0.607 bits per heavy atom. The molecule has 2 atom stereocenters. The van der Waals surface area contributed by atoms with Gasteiger partial charge in [-0.15, -0.1) is 5.60 Å². The normalized spacial score (nSPS) is 17.6. The van der Waals surface area contributed by atoms with E-state index in [4.69, 9.17) is 31.8 Å². The van der Waals surface area contributed by atoms with E-state index in [-0.39, 0.29) is 71.9 Å². The van der Waals surface area contributed by atoms with Crippen molar-refractivity contribution >= 4 is 96.7 Å². The zero-order valence-corrected chi connectivity index (χ0v) is 56.3. The second-order valence-corrected chi connectivity index (χ2v) is 26.2. The minimum absolute atomic E-state index is 0. The molecule has 2 aliphatic heterocycles. The molecule has 8 aromatic rings. The Hall–Kier alpha value is -6.79. The van der Waals surface area contributed by atoms with E-state index in [1.165, 1.54) is 12.4 Å². The topological polar surface area (TPSA) is 240 Å². The van der Waals surface area contributed by atoms with Crippen molar-refractivity contribution in [1.82, 2.24) is 58.8 Å². The number of hydrogen-bond donors (Lipinski definition) is 2. The van der Waals surface area contributed by atoms with Gasteiger partial charge in [-0.25, -0.2) is 39.5 Å². The van der Waals surface area contributed by atoms with Crippen molar-refractivity contribution in [2.24, 2.45) is 0 Å². The van der Waals surface area contributed by atoms with Crippen LogP contribution in [0.4, 0.5) is 47.5 Å². The van der Waals surface area contributed by atoms with Crippen LogP contribution in [0.15, 0.2) is 73.6 Å². The number of piperazine rings is 2. The van der Waals surface area contributed by atoms with Gasteiger partial charge in [0.15, 0.2) is 0 Å². The van der Waals surface area contributed by atoms with E-state index in [2.05, 4.69) is 63.9 Å². The van der Waals surface area contributed by atoms with Gasteiger partial charge in [-0.1, -0.05) is 71.9 Å². The molecule has 2 saturated heterocycles. The Morgan fingerprint density at radius 3 is 1.46 bits per heavy atom. The maximum absolute atomic E-state index is 14.9. The van der Waals surface area contributed by atoms with Crippen molar-refractivity contribution in [1.29, 1.82) is 0 Å². The predicted molar refractivity (Wildman–Crippen MR) is 340 cm³/mol.